The standard InChI is InChI=1S/C15H20N4O2/c1-15(2,3)8-13(20)19-7-4-11(10-19)21-14-12(9-16)17-5-6-18-14/h5-6,11H,4,7-8,10H2,1-3H3. The summed E-state index contributed by atoms with van der Waals surface area (Å²) in [6.45, 7) is 7.37. The minimum Gasteiger partial charge on any atom is -0.470 e. The largest absolute Gasteiger partial charge is 0.470 e. The Morgan fingerprint density at radius 1 is 1.48 bits per heavy atom. The number of ether oxygens (including phenoxy) is 1. The second kappa shape index (κ2) is 6.08. The molecule has 0 saturated carbocycles. The van der Waals surface area contributed by atoms with E-state index in [-0.39, 0.29) is 29.0 Å². The van der Waals surface area contributed by atoms with Crippen LogP contribution in [0.2, 0.25) is 0 Å². The molecule has 21 heavy (non-hydrogen) atoms. The van der Waals surface area contributed by atoms with Gasteiger partial charge in [0.2, 0.25) is 11.6 Å². The van der Waals surface area contributed by atoms with Crippen molar-refractivity contribution >= 4 is 5.91 Å². The Morgan fingerprint density at radius 2 is 2.19 bits per heavy atom. The van der Waals surface area contributed by atoms with Crippen LogP contribution in [0.15, 0.2) is 12.4 Å². The second-order valence-corrected chi connectivity index (χ2v) is 6.43. The van der Waals surface area contributed by atoms with E-state index in [2.05, 4.69) is 9.97 Å². The van der Waals surface area contributed by atoms with Gasteiger partial charge in [0.25, 0.3) is 5.88 Å². The molecule has 1 saturated heterocycles. The van der Waals surface area contributed by atoms with Crippen molar-refractivity contribution < 1.29 is 9.53 Å². The number of carbonyl (C=O) groups is 1. The average Bonchev–Trinajstić information content (AvgIpc) is 2.86. The predicted molar refractivity (Wildman–Crippen MR) is 76.4 cm³/mol. The van der Waals surface area contributed by atoms with Crippen LogP contribution >= 0.6 is 0 Å². The van der Waals surface area contributed by atoms with Gasteiger partial charge in [-0.15, -0.1) is 0 Å². The third kappa shape index (κ3) is 4.15. The maximum Gasteiger partial charge on any atom is 0.251 e. The topological polar surface area (TPSA) is 79.1 Å². The number of hydrogen-bond donors (Lipinski definition) is 0. The monoisotopic (exact) mass is 288 g/mol. The summed E-state index contributed by atoms with van der Waals surface area (Å²) in [7, 11) is 0. The number of carbonyl (C=O) groups excluding carboxylic acids is 1. The first-order valence-corrected chi connectivity index (χ1v) is 7.04. The zero-order chi connectivity index (χ0) is 15.5. The summed E-state index contributed by atoms with van der Waals surface area (Å²) in [5.74, 6) is 0.392. The van der Waals surface area contributed by atoms with Crippen LogP contribution < -0.4 is 4.74 Å². The molecule has 1 aromatic rings. The van der Waals surface area contributed by atoms with Gasteiger partial charge in [-0.1, -0.05) is 20.8 Å². The van der Waals surface area contributed by atoms with Crippen molar-refractivity contribution in [2.75, 3.05) is 13.1 Å². The highest BCUT2D eigenvalue weighted by atomic mass is 16.5. The van der Waals surface area contributed by atoms with Gasteiger partial charge in [0.15, 0.2) is 0 Å². The summed E-state index contributed by atoms with van der Waals surface area (Å²) in [5.41, 5.74) is 0.159. The molecular weight excluding hydrogens is 268 g/mol. The number of likely N-dealkylation sites (tertiary alicyclic amines) is 1. The Bertz CT molecular complexity index is 560. The third-order valence-corrected chi connectivity index (χ3v) is 3.23. The summed E-state index contributed by atoms with van der Waals surface area (Å²) in [5, 5.41) is 8.96. The van der Waals surface area contributed by atoms with Gasteiger partial charge in [-0.3, -0.25) is 4.79 Å². The number of amides is 1. The molecule has 0 aliphatic carbocycles. The van der Waals surface area contributed by atoms with Crippen LogP contribution in [0, 0.1) is 16.7 Å². The van der Waals surface area contributed by atoms with Gasteiger partial charge in [0.1, 0.15) is 12.2 Å². The van der Waals surface area contributed by atoms with Crippen molar-refractivity contribution in [1.82, 2.24) is 14.9 Å². The quantitative estimate of drug-likeness (QED) is 0.846. The molecule has 1 aliphatic rings. The van der Waals surface area contributed by atoms with Gasteiger partial charge in [0.05, 0.1) is 6.54 Å². The van der Waals surface area contributed by atoms with Crippen LogP contribution in [0.25, 0.3) is 0 Å². The lowest BCUT2D eigenvalue weighted by Gasteiger charge is -2.23. The van der Waals surface area contributed by atoms with Gasteiger partial charge in [-0.25, -0.2) is 9.97 Å². The zero-order valence-corrected chi connectivity index (χ0v) is 12.7. The summed E-state index contributed by atoms with van der Waals surface area (Å²) in [6.07, 6.45) is 4.09. The van der Waals surface area contributed by atoms with E-state index in [0.29, 0.717) is 19.5 Å². The van der Waals surface area contributed by atoms with E-state index in [0.717, 1.165) is 6.42 Å². The minimum absolute atomic E-state index is 0.0189. The highest BCUT2D eigenvalue weighted by molar-refractivity contribution is 5.77. The lowest BCUT2D eigenvalue weighted by Crippen LogP contribution is -2.33. The number of hydrogen-bond acceptors (Lipinski definition) is 5. The van der Waals surface area contributed by atoms with E-state index in [4.69, 9.17) is 10.00 Å². The molecule has 0 N–H and O–H groups in total. The highest BCUT2D eigenvalue weighted by Gasteiger charge is 2.30. The number of rotatable bonds is 3. The molecule has 1 atom stereocenters. The van der Waals surface area contributed by atoms with Crippen LogP contribution in [0.1, 0.15) is 39.3 Å². The fourth-order valence-electron chi connectivity index (χ4n) is 2.26. The lowest BCUT2D eigenvalue weighted by atomic mass is 9.92. The van der Waals surface area contributed by atoms with Gasteiger partial charge in [0, 0.05) is 31.8 Å². The summed E-state index contributed by atoms with van der Waals surface area (Å²) in [4.78, 5) is 21.9. The Hall–Kier alpha value is -2.16. The Morgan fingerprint density at radius 3 is 2.86 bits per heavy atom. The molecule has 2 heterocycles. The van der Waals surface area contributed by atoms with Crippen LogP contribution in [0.5, 0.6) is 5.88 Å². The molecular formula is C15H20N4O2. The molecule has 1 amide bonds. The first-order valence-electron chi connectivity index (χ1n) is 7.04. The fraction of sp³-hybridized carbons (Fsp3) is 0.600. The molecule has 0 radical (unpaired) electrons. The van der Waals surface area contributed by atoms with Crippen molar-refractivity contribution in [3.8, 4) is 11.9 Å². The molecule has 1 unspecified atom stereocenters. The molecule has 0 bridgehead atoms. The third-order valence-electron chi connectivity index (χ3n) is 3.23. The number of nitriles is 1. The first kappa shape index (κ1) is 15.2. The summed E-state index contributed by atoms with van der Waals surface area (Å²) < 4.78 is 5.72. The Labute approximate surface area is 124 Å². The van der Waals surface area contributed by atoms with Crippen LogP contribution in [-0.4, -0.2) is 40.0 Å². The van der Waals surface area contributed by atoms with Gasteiger partial charge >= 0.3 is 0 Å². The number of aromatic nitrogens is 2. The Kier molecular flexibility index (Phi) is 4.41. The van der Waals surface area contributed by atoms with Crippen molar-refractivity contribution in [3.63, 3.8) is 0 Å². The summed E-state index contributed by atoms with van der Waals surface area (Å²) >= 11 is 0. The van der Waals surface area contributed by atoms with E-state index in [1.807, 2.05) is 31.7 Å². The van der Waals surface area contributed by atoms with Crippen molar-refractivity contribution in [2.45, 2.75) is 39.7 Å². The Balaban J connectivity index is 1.94. The van der Waals surface area contributed by atoms with E-state index in [1.165, 1.54) is 12.4 Å². The van der Waals surface area contributed by atoms with E-state index in [1.54, 1.807) is 0 Å². The molecule has 1 fully saturated rings. The van der Waals surface area contributed by atoms with Crippen molar-refractivity contribution in [3.05, 3.63) is 18.1 Å². The average molecular weight is 288 g/mol. The summed E-state index contributed by atoms with van der Waals surface area (Å²) in [6, 6.07) is 1.96. The van der Waals surface area contributed by atoms with Gasteiger partial charge in [-0.05, 0) is 5.41 Å². The van der Waals surface area contributed by atoms with E-state index >= 15 is 0 Å². The zero-order valence-electron chi connectivity index (χ0n) is 12.7. The normalized spacial score (nSPS) is 18.4. The SMILES string of the molecule is CC(C)(C)CC(=O)N1CCC(Oc2nccnc2C#N)C1. The number of nitrogens with zero attached hydrogens (tertiary/aromatic N) is 4. The molecule has 1 aliphatic heterocycles. The molecule has 2 rings (SSSR count). The molecule has 6 nitrogen and oxygen atoms in total. The maximum atomic E-state index is 12.2. The molecule has 0 aromatic carbocycles. The molecule has 0 spiro atoms. The maximum absolute atomic E-state index is 12.2. The first-order chi connectivity index (χ1) is 9.89. The molecule has 6 heteroatoms. The van der Waals surface area contributed by atoms with Gasteiger partial charge < -0.3 is 9.64 Å². The molecule has 112 valence electrons. The van der Waals surface area contributed by atoms with Crippen LogP contribution in [0.4, 0.5) is 0 Å². The minimum atomic E-state index is -0.127. The van der Waals surface area contributed by atoms with Gasteiger partial charge in [-0.2, -0.15) is 5.26 Å². The van der Waals surface area contributed by atoms with Crippen molar-refractivity contribution in [2.24, 2.45) is 5.41 Å². The van der Waals surface area contributed by atoms with Crippen molar-refractivity contribution in [1.29, 1.82) is 5.26 Å². The fourth-order valence-corrected chi connectivity index (χ4v) is 2.26. The van der Waals surface area contributed by atoms with Crippen LogP contribution in [-0.2, 0) is 4.79 Å². The predicted octanol–water partition coefficient (Wildman–Crippen LogP) is 1.76. The highest BCUT2D eigenvalue weighted by Crippen LogP contribution is 2.23. The molecule has 1 aromatic heterocycles. The van der Waals surface area contributed by atoms with E-state index in [9.17, 15) is 4.79 Å². The van der Waals surface area contributed by atoms with E-state index < -0.39 is 0 Å². The lowest BCUT2D eigenvalue weighted by molar-refractivity contribution is -0.132. The second-order valence-electron chi connectivity index (χ2n) is 6.43. The smallest absolute Gasteiger partial charge is 0.251 e. The van der Waals surface area contributed by atoms with Crippen LogP contribution in [0.3, 0.4) is 0 Å².